The summed E-state index contributed by atoms with van der Waals surface area (Å²) < 4.78 is 1.88. The maximum Gasteiger partial charge on any atom is 0.0871 e. The van der Waals surface area contributed by atoms with Crippen LogP contribution in [0.25, 0.3) is 0 Å². The molecule has 0 radical (unpaired) electrons. The van der Waals surface area contributed by atoms with Crippen LogP contribution in [-0.2, 0) is 5.54 Å². The molecule has 14 heavy (non-hydrogen) atoms. The van der Waals surface area contributed by atoms with Crippen molar-refractivity contribution in [3.05, 3.63) is 17.5 Å². The second-order valence-electron chi connectivity index (χ2n) is 4.43. The molecular weight excluding hydrogens is 178 g/mol. The van der Waals surface area contributed by atoms with Gasteiger partial charge >= 0.3 is 0 Å². The molecule has 1 N–H and O–H groups in total. The third-order valence-corrected chi connectivity index (χ3v) is 2.13. The molecule has 0 saturated carbocycles. The number of hydrogen-bond donors (Lipinski definition) is 1. The van der Waals surface area contributed by atoms with E-state index in [1.807, 2.05) is 17.8 Å². The van der Waals surface area contributed by atoms with Crippen LogP contribution in [0.2, 0.25) is 0 Å². The van der Waals surface area contributed by atoms with Gasteiger partial charge in [-0.05, 0) is 34.6 Å². The van der Waals surface area contributed by atoms with E-state index in [4.69, 9.17) is 5.21 Å². The summed E-state index contributed by atoms with van der Waals surface area (Å²) in [6.07, 6.45) is 1.91. The Bertz CT molecular complexity index is 358. The van der Waals surface area contributed by atoms with Gasteiger partial charge in [-0.25, -0.2) is 0 Å². The molecule has 0 aliphatic rings. The van der Waals surface area contributed by atoms with Crippen LogP contribution >= 0.6 is 0 Å². The van der Waals surface area contributed by atoms with Crippen LogP contribution in [0.4, 0.5) is 0 Å². The van der Waals surface area contributed by atoms with Gasteiger partial charge in [0.05, 0.1) is 16.9 Å². The lowest BCUT2D eigenvalue weighted by Crippen LogP contribution is -2.22. The third kappa shape index (κ3) is 1.95. The largest absolute Gasteiger partial charge is 0.411 e. The molecule has 0 aliphatic heterocycles. The van der Waals surface area contributed by atoms with Gasteiger partial charge in [-0.3, -0.25) is 4.68 Å². The standard InChI is InChI=1S/C10H17N3O/c1-7-9(8(2)12-14)6-13(11-7)10(3,4)5/h6,14H,1-5H3/b12-8-. The van der Waals surface area contributed by atoms with E-state index in [0.717, 1.165) is 11.3 Å². The molecule has 0 spiro atoms. The minimum atomic E-state index is -0.0429. The Morgan fingerprint density at radius 1 is 1.50 bits per heavy atom. The zero-order valence-corrected chi connectivity index (χ0v) is 9.37. The first-order valence-electron chi connectivity index (χ1n) is 4.62. The van der Waals surface area contributed by atoms with Crippen LogP contribution < -0.4 is 0 Å². The van der Waals surface area contributed by atoms with Gasteiger partial charge in [-0.1, -0.05) is 5.16 Å². The fourth-order valence-electron chi connectivity index (χ4n) is 1.21. The molecule has 0 bridgehead atoms. The Labute approximate surface area is 84.2 Å². The lowest BCUT2D eigenvalue weighted by Gasteiger charge is -2.18. The number of aryl methyl sites for hydroxylation is 1. The quantitative estimate of drug-likeness (QED) is 0.424. The molecule has 0 aromatic carbocycles. The molecule has 1 aromatic heterocycles. The zero-order chi connectivity index (χ0) is 10.9. The number of nitrogens with zero attached hydrogens (tertiary/aromatic N) is 3. The molecular formula is C10H17N3O. The van der Waals surface area contributed by atoms with Crippen molar-refractivity contribution in [2.24, 2.45) is 5.16 Å². The van der Waals surface area contributed by atoms with Crippen molar-refractivity contribution in [2.75, 3.05) is 0 Å². The van der Waals surface area contributed by atoms with Crippen molar-refractivity contribution in [1.29, 1.82) is 0 Å². The Morgan fingerprint density at radius 3 is 2.43 bits per heavy atom. The lowest BCUT2D eigenvalue weighted by atomic mass is 10.1. The summed E-state index contributed by atoms with van der Waals surface area (Å²) in [7, 11) is 0. The molecule has 0 aliphatic carbocycles. The second kappa shape index (κ2) is 3.44. The number of rotatable bonds is 1. The number of hydrogen-bond acceptors (Lipinski definition) is 3. The smallest absolute Gasteiger partial charge is 0.0871 e. The molecule has 0 atom stereocenters. The van der Waals surface area contributed by atoms with Gasteiger partial charge in [0, 0.05) is 11.8 Å². The summed E-state index contributed by atoms with van der Waals surface area (Å²) in [6, 6.07) is 0. The molecule has 1 aromatic rings. The first-order valence-corrected chi connectivity index (χ1v) is 4.62. The topological polar surface area (TPSA) is 50.4 Å². The van der Waals surface area contributed by atoms with Crippen LogP contribution in [0.1, 0.15) is 39.0 Å². The minimum Gasteiger partial charge on any atom is -0.411 e. The van der Waals surface area contributed by atoms with Crippen molar-refractivity contribution in [1.82, 2.24) is 9.78 Å². The van der Waals surface area contributed by atoms with Crippen LogP contribution in [0.15, 0.2) is 11.4 Å². The van der Waals surface area contributed by atoms with Crippen LogP contribution in [-0.4, -0.2) is 20.7 Å². The highest BCUT2D eigenvalue weighted by Gasteiger charge is 2.17. The van der Waals surface area contributed by atoms with E-state index in [9.17, 15) is 0 Å². The molecule has 1 rings (SSSR count). The normalized spacial score (nSPS) is 13.4. The predicted molar refractivity (Wildman–Crippen MR) is 56.0 cm³/mol. The summed E-state index contributed by atoms with van der Waals surface area (Å²) in [6.45, 7) is 9.90. The molecule has 4 nitrogen and oxygen atoms in total. The highest BCUT2D eigenvalue weighted by Crippen LogP contribution is 2.16. The van der Waals surface area contributed by atoms with Gasteiger partial charge in [0.15, 0.2) is 0 Å². The van der Waals surface area contributed by atoms with Crippen LogP contribution in [0.3, 0.4) is 0 Å². The SMILES string of the molecule is C/C(=N/O)c1cn(C(C)(C)C)nc1C. The summed E-state index contributed by atoms with van der Waals surface area (Å²) in [5.41, 5.74) is 2.33. The average molecular weight is 195 g/mol. The van der Waals surface area contributed by atoms with Crippen LogP contribution in [0.5, 0.6) is 0 Å². The molecule has 0 saturated heterocycles. The maximum absolute atomic E-state index is 8.68. The van der Waals surface area contributed by atoms with Crippen molar-refractivity contribution in [3.63, 3.8) is 0 Å². The first-order chi connectivity index (χ1) is 6.36. The third-order valence-electron chi connectivity index (χ3n) is 2.13. The summed E-state index contributed by atoms with van der Waals surface area (Å²) in [5.74, 6) is 0. The van der Waals surface area contributed by atoms with E-state index >= 15 is 0 Å². The first kappa shape index (κ1) is 10.8. The Hall–Kier alpha value is -1.32. The van der Waals surface area contributed by atoms with Gasteiger partial charge in [0.25, 0.3) is 0 Å². The van der Waals surface area contributed by atoms with Gasteiger partial charge in [-0.15, -0.1) is 0 Å². The summed E-state index contributed by atoms with van der Waals surface area (Å²) in [4.78, 5) is 0. The predicted octanol–water partition coefficient (Wildman–Crippen LogP) is 2.14. The van der Waals surface area contributed by atoms with Crippen molar-refractivity contribution in [3.8, 4) is 0 Å². The molecule has 78 valence electrons. The zero-order valence-electron chi connectivity index (χ0n) is 9.37. The van der Waals surface area contributed by atoms with E-state index in [2.05, 4.69) is 31.0 Å². The van der Waals surface area contributed by atoms with E-state index < -0.39 is 0 Å². The monoisotopic (exact) mass is 195 g/mol. The molecule has 0 unspecified atom stereocenters. The van der Waals surface area contributed by atoms with Gasteiger partial charge in [0.2, 0.25) is 0 Å². The van der Waals surface area contributed by atoms with E-state index in [-0.39, 0.29) is 5.54 Å². The fraction of sp³-hybridized carbons (Fsp3) is 0.600. The minimum absolute atomic E-state index is 0.0429. The number of oxime groups is 1. The van der Waals surface area contributed by atoms with E-state index in [1.54, 1.807) is 6.92 Å². The van der Waals surface area contributed by atoms with Gasteiger partial charge in [0.1, 0.15) is 0 Å². The van der Waals surface area contributed by atoms with Crippen molar-refractivity contribution >= 4 is 5.71 Å². The van der Waals surface area contributed by atoms with Gasteiger partial charge < -0.3 is 5.21 Å². The van der Waals surface area contributed by atoms with Crippen molar-refractivity contribution in [2.45, 2.75) is 40.2 Å². The molecule has 0 amide bonds. The second-order valence-corrected chi connectivity index (χ2v) is 4.43. The van der Waals surface area contributed by atoms with Crippen LogP contribution in [0, 0.1) is 6.92 Å². The summed E-state index contributed by atoms with van der Waals surface area (Å²) >= 11 is 0. The molecule has 4 heteroatoms. The average Bonchev–Trinajstić information content (AvgIpc) is 2.45. The highest BCUT2D eigenvalue weighted by atomic mass is 16.4. The lowest BCUT2D eigenvalue weighted by molar-refractivity contribution is 0.319. The molecule has 1 heterocycles. The fourth-order valence-corrected chi connectivity index (χ4v) is 1.21. The Morgan fingerprint density at radius 2 is 2.07 bits per heavy atom. The number of aromatic nitrogens is 2. The Kier molecular flexibility index (Phi) is 2.64. The van der Waals surface area contributed by atoms with Gasteiger partial charge in [-0.2, -0.15) is 5.10 Å². The van der Waals surface area contributed by atoms with E-state index in [0.29, 0.717) is 5.71 Å². The highest BCUT2D eigenvalue weighted by molar-refractivity contribution is 5.98. The van der Waals surface area contributed by atoms with E-state index in [1.165, 1.54) is 0 Å². The maximum atomic E-state index is 8.68. The Balaban J connectivity index is 3.18. The van der Waals surface area contributed by atoms with Crippen molar-refractivity contribution < 1.29 is 5.21 Å². The molecule has 0 fully saturated rings. The summed E-state index contributed by atoms with van der Waals surface area (Å²) in [5, 5.41) is 16.2.